The fraction of sp³-hybridized carbons (Fsp3) is 0.520. The highest BCUT2D eigenvalue weighted by Crippen LogP contribution is 2.36. The summed E-state index contributed by atoms with van der Waals surface area (Å²) < 4.78 is 1.06. The van der Waals surface area contributed by atoms with Gasteiger partial charge in [0.2, 0.25) is 5.95 Å². The van der Waals surface area contributed by atoms with Crippen LogP contribution in [0.15, 0.2) is 35.5 Å². The second-order valence-electron chi connectivity index (χ2n) is 10.0. The number of hydrogen-bond donors (Lipinski definition) is 3. The van der Waals surface area contributed by atoms with Crippen LogP contribution >= 0.6 is 23.1 Å². The number of nitrogens with one attached hydrogen (secondary N) is 3. The Labute approximate surface area is 213 Å². The molecule has 2 atom stereocenters. The molecular formula is C25H31N7OS2. The third-order valence-corrected chi connectivity index (χ3v) is 9.34. The van der Waals surface area contributed by atoms with Gasteiger partial charge in [-0.05, 0) is 62.0 Å². The van der Waals surface area contributed by atoms with Crippen LogP contribution in [-0.2, 0) is 0 Å². The first-order valence-corrected chi connectivity index (χ1v) is 14.4. The molecule has 35 heavy (non-hydrogen) atoms. The fourth-order valence-corrected chi connectivity index (χ4v) is 6.71. The molecule has 1 aromatic carbocycles. The topological polar surface area (TPSA) is 95.1 Å². The lowest BCUT2D eigenvalue weighted by molar-refractivity contribution is 0.0415. The van der Waals surface area contributed by atoms with Crippen LogP contribution in [0.2, 0.25) is 0 Å². The van der Waals surface area contributed by atoms with Gasteiger partial charge in [0, 0.05) is 61.1 Å². The molecule has 0 radical (unpaired) electrons. The van der Waals surface area contributed by atoms with Gasteiger partial charge < -0.3 is 20.9 Å². The minimum absolute atomic E-state index is 0.148. The summed E-state index contributed by atoms with van der Waals surface area (Å²) in [5.74, 6) is 0.841. The van der Waals surface area contributed by atoms with Crippen LogP contribution in [0.4, 0.5) is 11.1 Å². The molecule has 0 bridgehead atoms. The molecule has 1 aliphatic carbocycles. The lowest BCUT2D eigenvalue weighted by Gasteiger charge is -2.48. The van der Waals surface area contributed by atoms with Crippen molar-refractivity contribution in [3.05, 3.63) is 36.2 Å². The number of aromatic nitrogens is 3. The molecule has 2 aliphatic heterocycles. The van der Waals surface area contributed by atoms with E-state index in [2.05, 4.69) is 25.9 Å². The van der Waals surface area contributed by atoms with Crippen molar-refractivity contribution in [2.75, 3.05) is 43.1 Å². The zero-order valence-corrected chi connectivity index (χ0v) is 21.6. The van der Waals surface area contributed by atoms with E-state index in [0.717, 1.165) is 84.1 Å². The molecule has 3 aliphatic rings. The van der Waals surface area contributed by atoms with Crippen molar-refractivity contribution >= 4 is 50.3 Å². The second kappa shape index (κ2) is 9.55. The van der Waals surface area contributed by atoms with Crippen LogP contribution in [0.1, 0.15) is 42.5 Å². The summed E-state index contributed by atoms with van der Waals surface area (Å²) in [4.78, 5) is 29.8. The number of rotatable bonds is 6. The zero-order chi connectivity index (χ0) is 23.8. The van der Waals surface area contributed by atoms with Gasteiger partial charge in [-0.3, -0.25) is 4.79 Å². The van der Waals surface area contributed by atoms with E-state index in [1.165, 1.54) is 0 Å². The van der Waals surface area contributed by atoms with Crippen molar-refractivity contribution in [2.45, 2.75) is 49.1 Å². The van der Waals surface area contributed by atoms with Crippen LogP contribution in [0.3, 0.4) is 0 Å². The van der Waals surface area contributed by atoms with Crippen molar-refractivity contribution in [2.24, 2.45) is 5.41 Å². The summed E-state index contributed by atoms with van der Waals surface area (Å²) in [6.07, 6.45) is 11.1. The van der Waals surface area contributed by atoms with Crippen LogP contribution < -0.4 is 16.0 Å². The van der Waals surface area contributed by atoms with Gasteiger partial charge in [-0.1, -0.05) is 11.3 Å². The average molecular weight is 510 g/mol. The summed E-state index contributed by atoms with van der Waals surface area (Å²) in [6.45, 7) is 3.93. The van der Waals surface area contributed by atoms with Crippen molar-refractivity contribution in [3.63, 3.8) is 0 Å². The number of carbonyl (C=O) groups excluding carboxylic acids is 1. The van der Waals surface area contributed by atoms with Crippen LogP contribution in [-0.4, -0.2) is 70.3 Å². The van der Waals surface area contributed by atoms with Crippen molar-refractivity contribution < 1.29 is 4.79 Å². The van der Waals surface area contributed by atoms with Gasteiger partial charge >= 0.3 is 0 Å². The van der Waals surface area contributed by atoms with Crippen molar-refractivity contribution in [1.29, 1.82) is 0 Å². The number of amides is 1. The third kappa shape index (κ3) is 4.83. The Morgan fingerprint density at radius 3 is 2.57 bits per heavy atom. The molecule has 3 N–H and O–H groups in total. The Bertz CT molecular complexity index is 1200. The first-order chi connectivity index (χ1) is 17.1. The number of carbonyl (C=O) groups is 1. The molecule has 184 valence electrons. The fourth-order valence-electron chi connectivity index (χ4n) is 5.42. The monoisotopic (exact) mass is 509 g/mol. The van der Waals surface area contributed by atoms with Gasteiger partial charge in [-0.2, -0.15) is 0 Å². The molecule has 2 aromatic heterocycles. The average Bonchev–Trinajstić information content (AvgIpc) is 3.48. The molecule has 3 aromatic rings. The summed E-state index contributed by atoms with van der Waals surface area (Å²) >= 11 is 3.28. The van der Waals surface area contributed by atoms with Gasteiger partial charge in [0.05, 0.1) is 10.2 Å². The number of hydrogen-bond acceptors (Lipinski definition) is 9. The molecule has 1 saturated carbocycles. The first-order valence-electron chi connectivity index (χ1n) is 12.4. The molecule has 0 unspecified atom stereocenters. The maximum absolute atomic E-state index is 13.1. The number of piperidine rings is 1. The standard InChI is InChI=1S/C25H31N7OS2/c1-34-19-12-27-23(28-13-19)29-17-3-4-18(11-17)30-24-31-20-5-2-16(10-21(20)35-24)22(33)32-8-6-25(7-9-32)14-26-15-25/h2,5,10,12-13,17-18,26H,3-4,6-9,11,14-15H2,1H3,(H,30,31)(H,27,28,29)/t17-,18-/m0/s1. The summed E-state index contributed by atoms with van der Waals surface area (Å²) in [6, 6.07) is 6.65. The number of benzene rings is 1. The van der Waals surface area contributed by atoms with Crippen molar-refractivity contribution in [3.8, 4) is 0 Å². The van der Waals surface area contributed by atoms with Gasteiger partial charge in [-0.15, -0.1) is 11.8 Å². The maximum Gasteiger partial charge on any atom is 0.253 e. The second-order valence-corrected chi connectivity index (χ2v) is 11.9. The number of nitrogens with zero attached hydrogens (tertiary/aromatic N) is 4. The van der Waals surface area contributed by atoms with E-state index in [0.29, 0.717) is 23.4 Å². The van der Waals surface area contributed by atoms with Crippen LogP contribution in [0.5, 0.6) is 0 Å². The van der Waals surface area contributed by atoms with E-state index in [9.17, 15) is 4.79 Å². The zero-order valence-electron chi connectivity index (χ0n) is 19.9. The van der Waals surface area contributed by atoms with Gasteiger partial charge in [0.25, 0.3) is 5.91 Å². The molecule has 3 fully saturated rings. The number of likely N-dealkylation sites (tertiary alicyclic amines) is 1. The number of anilines is 2. The summed E-state index contributed by atoms with van der Waals surface area (Å²) in [5, 5.41) is 11.4. The minimum atomic E-state index is 0.148. The van der Waals surface area contributed by atoms with E-state index in [1.807, 2.05) is 41.7 Å². The van der Waals surface area contributed by atoms with E-state index in [4.69, 9.17) is 4.98 Å². The summed E-state index contributed by atoms with van der Waals surface area (Å²) in [7, 11) is 0. The molecule has 6 rings (SSSR count). The molecular weight excluding hydrogens is 478 g/mol. The Morgan fingerprint density at radius 1 is 1.14 bits per heavy atom. The minimum Gasteiger partial charge on any atom is -0.359 e. The van der Waals surface area contributed by atoms with Crippen LogP contribution in [0, 0.1) is 5.41 Å². The van der Waals surface area contributed by atoms with E-state index in [1.54, 1.807) is 23.1 Å². The smallest absolute Gasteiger partial charge is 0.253 e. The highest BCUT2D eigenvalue weighted by molar-refractivity contribution is 7.98. The van der Waals surface area contributed by atoms with Crippen LogP contribution in [0.25, 0.3) is 10.2 Å². The molecule has 10 heteroatoms. The molecule has 4 heterocycles. The van der Waals surface area contributed by atoms with Gasteiger partial charge in [-0.25, -0.2) is 15.0 Å². The molecule has 8 nitrogen and oxygen atoms in total. The first kappa shape index (κ1) is 23.0. The Balaban J connectivity index is 1.06. The highest BCUT2D eigenvalue weighted by Gasteiger charge is 2.40. The molecule has 2 saturated heterocycles. The Morgan fingerprint density at radius 2 is 1.89 bits per heavy atom. The predicted octanol–water partition coefficient (Wildman–Crippen LogP) is 4.08. The SMILES string of the molecule is CSc1cnc(N[C@H]2CC[C@H](Nc3nc4ccc(C(=O)N5CCC6(CC5)CNC6)cc4s3)C2)nc1. The maximum atomic E-state index is 13.1. The summed E-state index contributed by atoms with van der Waals surface area (Å²) in [5.41, 5.74) is 2.16. The largest absolute Gasteiger partial charge is 0.359 e. The lowest BCUT2D eigenvalue weighted by atomic mass is 9.73. The highest BCUT2D eigenvalue weighted by atomic mass is 32.2. The molecule has 1 amide bonds. The van der Waals surface area contributed by atoms with Gasteiger partial charge in [0.1, 0.15) is 0 Å². The Kier molecular flexibility index (Phi) is 6.28. The lowest BCUT2D eigenvalue weighted by Crippen LogP contribution is -2.58. The predicted molar refractivity (Wildman–Crippen MR) is 143 cm³/mol. The number of fused-ring (bicyclic) bond motifs is 1. The third-order valence-electron chi connectivity index (χ3n) is 7.70. The van der Waals surface area contributed by atoms with Crippen molar-refractivity contribution in [1.82, 2.24) is 25.2 Å². The van der Waals surface area contributed by atoms with E-state index < -0.39 is 0 Å². The van der Waals surface area contributed by atoms with Gasteiger partial charge in [0.15, 0.2) is 5.13 Å². The normalized spacial score (nSPS) is 23.4. The molecule has 1 spiro atoms. The quantitative estimate of drug-likeness (QED) is 0.428. The number of thiazole rings is 1. The van der Waals surface area contributed by atoms with E-state index in [-0.39, 0.29) is 5.91 Å². The Hall–Kier alpha value is -2.43. The number of thioether (sulfide) groups is 1. The van der Waals surface area contributed by atoms with E-state index >= 15 is 0 Å².